The van der Waals surface area contributed by atoms with Gasteiger partial charge in [0.05, 0.1) is 6.61 Å². The second-order valence-corrected chi connectivity index (χ2v) is 4.95. The van der Waals surface area contributed by atoms with Crippen molar-refractivity contribution in [3.63, 3.8) is 0 Å². The lowest BCUT2D eigenvalue weighted by Crippen LogP contribution is -1.83. The van der Waals surface area contributed by atoms with Crippen LogP contribution in [0, 0.1) is 0 Å². The third kappa shape index (κ3) is 10.1. The van der Waals surface area contributed by atoms with Crippen LogP contribution < -0.4 is 0 Å². The van der Waals surface area contributed by atoms with Crippen molar-refractivity contribution in [1.29, 1.82) is 0 Å². The van der Waals surface area contributed by atoms with Crippen molar-refractivity contribution in [1.82, 2.24) is 0 Å². The number of hydrogen-bond acceptors (Lipinski definition) is 2. The molecule has 84 valence electrons. The molecule has 0 saturated carbocycles. The Labute approximate surface area is 93.0 Å². The highest BCUT2D eigenvalue weighted by molar-refractivity contribution is 8.03. The van der Waals surface area contributed by atoms with Crippen LogP contribution in [0.15, 0.2) is 11.0 Å². The quantitative estimate of drug-likeness (QED) is 0.588. The Balaban J connectivity index is 3.09. The molecule has 0 fully saturated rings. The van der Waals surface area contributed by atoms with Crippen LogP contribution in [-0.2, 0) is 0 Å². The van der Waals surface area contributed by atoms with Gasteiger partial charge in [-0.25, -0.2) is 0 Å². The zero-order valence-electron chi connectivity index (χ0n) is 9.59. The molecule has 14 heavy (non-hydrogen) atoms. The number of unbranched alkanes of at least 4 members (excludes halogenated alkanes) is 5. The lowest BCUT2D eigenvalue weighted by atomic mass is 10.1. The third-order valence-corrected chi connectivity index (χ3v) is 3.32. The smallest absolute Gasteiger partial charge is 0.0622 e. The van der Waals surface area contributed by atoms with E-state index < -0.39 is 0 Å². The fraction of sp³-hybridized carbons (Fsp3) is 0.833. The van der Waals surface area contributed by atoms with Gasteiger partial charge in [-0.3, -0.25) is 0 Å². The van der Waals surface area contributed by atoms with Gasteiger partial charge in [-0.1, -0.05) is 39.0 Å². The molecule has 0 aromatic heterocycles. The fourth-order valence-corrected chi connectivity index (χ4v) is 2.17. The lowest BCUT2D eigenvalue weighted by molar-refractivity contribution is 0.342. The fourth-order valence-electron chi connectivity index (χ4n) is 1.30. The lowest BCUT2D eigenvalue weighted by Gasteiger charge is -2.01. The summed E-state index contributed by atoms with van der Waals surface area (Å²) >= 11 is 1.87. The molecule has 2 heteroatoms. The van der Waals surface area contributed by atoms with Crippen LogP contribution in [-0.4, -0.2) is 17.5 Å². The molecule has 0 heterocycles. The largest absolute Gasteiger partial charge is 0.392 e. The normalized spacial score (nSPS) is 12.1. The molecule has 1 N–H and O–H groups in total. The van der Waals surface area contributed by atoms with Crippen molar-refractivity contribution in [2.45, 2.75) is 52.4 Å². The minimum atomic E-state index is 0.176. The summed E-state index contributed by atoms with van der Waals surface area (Å²) in [7, 11) is 0. The van der Waals surface area contributed by atoms with Gasteiger partial charge in [0.25, 0.3) is 0 Å². The number of rotatable bonds is 9. The molecule has 0 radical (unpaired) electrons. The molecule has 0 amide bonds. The van der Waals surface area contributed by atoms with E-state index in [1.54, 1.807) is 0 Å². The number of aliphatic hydroxyl groups excluding tert-OH is 1. The molecule has 0 spiro atoms. The van der Waals surface area contributed by atoms with Crippen LogP contribution in [0.5, 0.6) is 0 Å². The minimum absolute atomic E-state index is 0.176. The van der Waals surface area contributed by atoms with Crippen molar-refractivity contribution in [2.24, 2.45) is 0 Å². The van der Waals surface area contributed by atoms with Gasteiger partial charge in [0.1, 0.15) is 0 Å². The van der Waals surface area contributed by atoms with E-state index in [0.29, 0.717) is 0 Å². The van der Waals surface area contributed by atoms with E-state index in [9.17, 15) is 0 Å². The van der Waals surface area contributed by atoms with E-state index in [-0.39, 0.29) is 6.61 Å². The maximum absolute atomic E-state index is 8.65. The summed E-state index contributed by atoms with van der Waals surface area (Å²) < 4.78 is 0. The minimum Gasteiger partial charge on any atom is -0.392 e. The van der Waals surface area contributed by atoms with Crippen LogP contribution in [0.25, 0.3) is 0 Å². The first-order valence-corrected chi connectivity index (χ1v) is 6.70. The highest BCUT2D eigenvalue weighted by Crippen LogP contribution is 2.17. The highest BCUT2D eigenvalue weighted by atomic mass is 32.2. The zero-order chi connectivity index (χ0) is 10.6. The number of allylic oxidation sites excluding steroid dienone is 1. The van der Waals surface area contributed by atoms with Crippen LogP contribution in [0.2, 0.25) is 0 Å². The molecule has 0 bridgehead atoms. The predicted molar refractivity (Wildman–Crippen MR) is 66.7 cm³/mol. The summed E-state index contributed by atoms with van der Waals surface area (Å²) in [4.78, 5) is 1.25. The molecular formula is C12H24OS. The van der Waals surface area contributed by atoms with Gasteiger partial charge >= 0.3 is 0 Å². The summed E-state index contributed by atoms with van der Waals surface area (Å²) in [5.74, 6) is 1.20. The molecule has 0 unspecified atom stereocenters. The van der Waals surface area contributed by atoms with Gasteiger partial charge in [0.15, 0.2) is 0 Å². The summed E-state index contributed by atoms with van der Waals surface area (Å²) in [6, 6.07) is 0. The van der Waals surface area contributed by atoms with Gasteiger partial charge in [-0.15, -0.1) is 11.8 Å². The maximum atomic E-state index is 8.65. The van der Waals surface area contributed by atoms with Crippen molar-refractivity contribution >= 4 is 11.8 Å². The summed E-state index contributed by atoms with van der Waals surface area (Å²) in [5.41, 5.74) is 0. The third-order valence-electron chi connectivity index (χ3n) is 2.21. The first-order valence-electron chi connectivity index (χ1n) is 5.71. The average Bonchev–Trinajstić information content (AvgIpc) is 2.17. The van der Waals surface area contributed by atoms with Crippen molar-refractivity contribution in [3.05, 3.63) is 11.0 Å². The monoisotopic (exact) mass is 216 g/mol. The second kappa shape index (κ2) is 11.1. The van der Waals surface area contributed by atoms with E-state index in [1.165, 1.54) is 49.2 Å². The van der Waals surface area contributed by atoms with Gasteiger partial charge in [0.2, 0.25) is 0 Å². The Morgan fingerprint density at radius 2 is 1.79 bits per heavy atom. The average molecular weight is 216 g/mol. The molecule has 0 aromatic rings. The number of hydrogen-bond donors (Lipinski definition) is 1. The first kappa shape index (κ1) is 14.1. The highest BCUT2D eigenvalue weighted by Gasteiger charge is 1.92. The van der Waals surface area contributed by atoms with Gasteiger partial charge in [-0.05, 0) is 30.1 Å². The molecule has 0 atom stereocenters. The Morgan fingerprint density at radius 1 is 1.14 bits per heavy atom. The Kier molecular flexibility index (Phi) is 11.2. The van der Waals surface area contributed by atoms with E-state index >= 15 is 0 Å². The number of aliphatic hydroxyl groups is 1. The molecule has 0 aromatic carbocycles. The molecule has 0 aliphatic carbocycles. The Morgan fingerprint density at radius 3 is 2.43 bits per heavy atom. The van der Waals surface area contributed by atoms with Gasteiger partial charge in [-0.2, -0.15) is 0 Å². The molecule has 0 aliphatic rings. The van der Waals surface area contributed by atoms with Gasteiger partial charge < -0.3 is 5.11 Å². The summed E-state index contributed by atoms with van der Waals surface area (Å²) in [5, 5.41) is 8.65. The molecule has 1 nitrogen and oxygen atoms in total. The molecule has 0 aliphatic heterocycles. The Bertz CT molecular complexity index is 143. The Hall–Kier alpha value is 0.0500. The van der Waals surface area contributed by atoms with E-state index in [0.717, 1.165) is 0 Å². The predicted octanol–water partition coefficient (Wildman–Crippen LogP) is 3.98. The first-order chi connectivity index (χ1) is 6.81. The standard InChI is InChI=1S/C12H24OS/c1-3-4-5-6-7-8-11-14-12(2)9-10-13/h9,13H,3-8,10-11H2,1-2H3/b12-9+. The molecule has 0 rings (SSSR count). The van der Waals surface area contributed by atoms with Crippen molar-refractivity contribution < 1.29 is 5.11 Å². The second-order valence-electron chi connectivity index (χ2n) is 3.61. The number of thioether (sulfide) groups is 1. The van der Waals surface area contributed by atoms with E-state index in [4.69, 9.17) is 5.11 Å². The SMILES string of the molecule is CCCCCCCCS/C(C)=C/CO. The van der Waals surface area contributed by atoms with Crippen LogP contribution >= 0.6 is 11.8 Å². The molecule has 0 saturated heterocycles. The summed E-state index contributed by atoms with van der Waals surface area (Å²) in [6.45, 7) is 4.49. The van der Waals surface area contributed by atoms with Crippen LogP contribution in [0.4, 0.5) is 0 Å². The van der Waals surface area contributed by atoms with E-state index in [2.05, 4.69) is 13.8 Å². The molecular weight excluding hydrogens is 192 g/mol. The van der Waals surface area contributed by atoms with Crippen LogP contribution in [0.1, 0.15) is 52.4 Å². The van der Waals surface area contributed by atoms with Crippen LogP contribution in [0.3, 0.4) is 0 Å². The maximum Gasteiger partial charge on any atom is 0.0622 e. The van der Waals surface area contributed by atoms with Crippen molar-refractivity contribution in [2.75, 3.05) is 12.4 Å². The van der Waals surface area contributed by atoms with Gasteiger partial charge in [0, 0.05) is 0 Å². The summed E-state index contributed by atoms with van der Waals surface area (Å²) in [6.07, 6.45) is 10.0. The van der Waals surface area contributed by atoms with Crippen molar-refractivity contribution in [3.8, 4) is 0 Å². The van der Waals surface area contributed by atoms with E-state index in [1.807, 2.05) is 17.8 Å². The zero-order valence-corrected chi connectivity index (χ0v) is 10.4. The topological polar surface area (TPSA) is 20.2 Å².